The third kappa shape index (κ3) is 3.79. The Hall–Kier alpha value is -1.93. The van der Waals surface area contributed by atoms with E-state index < -0.39 is 10.9 Å². The zero-order valence-electron chi connectivity index (χ0n) is 11.3. The molecule has 0 radical (unpaired) electrons. The number of hydrogen-bond donors (Lipinski definition) is 1. The Balaban J connectivity index is 2.22. The lowest BCUT2D eigenvalue weighted by molar-refractivity contribution is -0.385. The number of aromatic nitrogens is 1. The second kappa shape index (κ2) is 6.23. The van der Waals surface area contributed by atoms with Gasteiger partial charge < -0.3 is 5.11 Å². The first-order valence-corrected chi connectivity index (χ1v) is 7.61. The zero-order valence-corrected chi connectivity index (χ0v) is 13.0. The topological polar surface area (TPSA) is 93.3 Å². The van der Waals surface area contributed by atoms with Gasteiger partial charge in [-0.15, -0.1) is 11.3 Å². The van der Waals surface area contributed by atoms with E-state index in [1.165, 1.54) is 35.2 Å². The van der Waals surface area contributed by atoms with Gasteiger partial charge in [0.15, 0.2) is 4.34 Å². The van der Waals surface area contributed by atoms with E-state index in [0.29, 0.717) is 5.69 Å². The Labute approximate surface area is 129 Å². The number of carboxylic acids is 1. The smallest absolute Gasteiger partial charge is 0.308 e. The maximum absolute atomic E-state index is 10.8. The van der Waals surface area contributed by atoms with Crippen molar-refractivity contribution >= 4 is 34.8 Å². The largest absolute Gasteiger partial charge is 0.481 e. The van der Waals surface area contributed by atoms with E-state index in [1.807, 2.05) is 0 Å². The second-order valence-electron chi connectivity index (χ2n) is 4.37. The third-order valence-corrected chi connectivity index (χ3v) is 5.15. The Kier molecular flexibility index (Phi) is 4.59. The number of nitrogens with zero attached hydrogens (tertiary/aromatic N) is 2. The average molecular weight is 324 g/mol. The van der Waals surface area contributed by atoms with Gasteiger partial charge in [0.2, 0.25) is 0 Å². The van der Waals surface area contributed by atoms with Gasteiger partial charge in [0.25, 0.3) is 5.69 Å². The van der Waals surface area contributed by atoms with E-state index in [2.05, 4.69) is 4.98 Å². The molecule has 2 aromatic rings. The number of nitro benzene ring substituents is 1. The first-order valence-electron chi connectivity index (χ1n) is 5.98. The fourth-order valence-corrected chi connectivity index (χ4v) is 3.95. The molecule has 2 rings (SSSR count). The first-order chi connectivity index (χ1) is 9.86. The molecule has 6 nitrogen and oxygen atoms in total. The summed E-state index contributed by atoms with van der Waals surface area (Å²) in [6.07, 6.45) is -0.0384. The minimum atomic E-state index is -0.884. The molecule has 0 saturated carbocycles. The molecule has 1 aromatic heterocycles. The normalized spacial score (nSPS) is 10.6. The number of aryl methyl sites for hydroxylation is 2. The molecule has 0 aliphatic carbocycles. The number of rotatable bonds is 5. The summed E-state index contributed by atoms with van der Waals surface area (Å²) in [5, 5.41) is 19.5. The Morgan fingerprint density at radius 2 is 2.19 bits per heavy atom. The van der Waals surface area contributed by atoms with Crippen molar-refractivity contribution in [3.8, 4) is 0 Å². The predicted octanol–water partition coefficient (Wildman–Crippen LogP) is 3.45. The Morgan fingerprint density at radius 1 is 1.48 bits per heavy atom. The fraction of sp³-hybridized carbons (Fsp3) is 0.231. The van der Waals surface area contributed by atoms with Crippen molar-refractivity contribution in [3.05, 3.63) is 44.4 Å². The SMILES string of the molecule is Cc1cc([N+](=O)[O-])ccc1Sc1nc(C)c(CC(=O)O)s1. The molecule has 0 fully saturated rings. The number of thiazole rings is 1. The summed E-state index contributed by atoms with van der Waals surface area (Å²) in [5.74, 6) is -0.884. The van der Waals surface area contributed by atoms with Crippen LogP contribution in [-0.4, -0.2) is 21.0 Å². The van der Waals surface area contributed by atoms with Crippen molar-refractivity contribution in [2.75, 3.05) is 0 Å². The maximum atomic E-state index is 10.8. The van der Waals surface area contributed by atoms with Crippen LogP contribution in [0.4, 0.5) is 5.69 Å². The second-order valence-corrected chi connectivity index (χ2v) is 6.74. The van der Waals surface area contributed by atoms with E-state index in [0.717, 1.165) is 19.7 Å². The van der Waals surface area contributed by atoms with Gasteiger partial charge in [-0.05, 0) is 25.5 Å². The number of carbonyl (C=O) groups is 1. The molecule has 1 aromatic carbocycles. The van der Waals surface area contributed by atoms with Gasteiger partial charge in [-0.1, -0.05) is 11.8 Å². The molecule has 0 bridgehead atoms. The molecule has 0 aliphatic rings. The van der Waals surface area contributed by atoms with Crippen LogP contribution in [0.2, 0.25) is 0 Å². The summed E-state index contributed by atoms with van der Waals surface area (Å²) in [5.41, 5.74) is 1.56. The van der Waals surface area contributed by atoms with Crippen LogP contribution in [-0.2, 0) is 11.2 Å². The highest BCUT2D eigenvalue weighted by Crippen LogP contribution is 2.35. The molecule has 0 aliphatic heterocycles. The van der Waals surface area contributed by atoms with Crippen LogP contribution in [0.15, 0.2) is 27.4 Å². The highest BCUT2D eigenvalue weighted by molar-refractivity contribution is 8.01. The van der Waals surface area contributed by atoms with Gasteiger partial charge in [-0.3, -0.25) is 14.9 Å². The third-order valence-electron chi connectivity index (χ3n) is 2.75. The summed E-state index contributed by atoms with van der Waals surface area (Å²) in [4.78, 5) is 27.0. The molecule has 21 heavy (non-hydrogen) atoms. The van der Waals surface area contributed by atoms with E-state index in [1.54, 1.807) is 19.9 Å². The van der Waals surface area contributed by atoms with Crippen LogP contribution >= 0.6 is 23.1 Å². The van der Waals surface area contributed by atoms with Crippen molar-refractivity contribution in [2.45, 2.75) is 29.5 Å². The van der Waals surface area contributed by atoms with Gasteiger partial charge >= 0.3 is 5.97 Å². The van der Waals surface area contributed by atoms with Crippen LogP contribution in [0.1, 0.15) is 16.1 Å². The highest BCUT2D eigenvalue weighted by Gasteiger charge is 2.14. The zero-order chi connectivity index (χ0) is 15.6. The van der Waals surface area contributed by atoms with Gasteiger partial charge in [-0.2, -0.15) is 0 Å². The number of non-ortho nitro benzene ring substituents is 1. The quantitative estimate of drug-likeness (QED) is 0.669. The lowest BCUT2D eigenvalue weighted by Gasteiger charge is -2.02. The van der Waals surface area contributed by atoms with E-state index in [-0.39, 0.29) is 12.1 Å². The molecule has 110 valence electrons. The maximum Gasteiger partial charge on any atom is 0.308 e. The number of hydrogen-bond acceptors (Lipinski definition) is 6. The van der Waals surface area contributed by atoms with Crippen molar-refractivity contribution in [1.29, 1.82) is 0 Å². The predicted molar refractivity (Wildman–Crippen MR) is 80.1 cm³/mol. The molecule has 0 amide bonds. The van der Waals surface area contributed by atoms with Crippen LogP contribution < -0.4 is 0 Å². The summed E-state index contributed by atoms with van der Waals surface area (Å²) in [7, 11) is 0. The van der Waals surface area contributed by atoms with Crippen LogP contribution in [0.25, 0.3) is 0 Å². The molecule has 1 heterocycles. The highest BCUT2D eigenvalue weighted by atomic mass is 32.2. The lowest BCUT2D eigenvalue weighted by atomic mass is 10.2. The standard InChI is InChI=1S/C13H12N2O4S2/c1-7-5-9(15(18)19)3-4-10(7)20-13-14-8(2)11(21-13)6-12(16)17/h3-5H,6H2,1-2H3,(H,16,17). The van der Waals surface area contributed by atoms with Gasteiger partial charge in [0.05, 0.1) is 17.0 Å². The number of aliphatic carboxylic acids is 1. The average Bonchev–Trinajstić information content (AvgIpc) is 2.71. The summed E-state index contributed by atoms with van der Waals surface area (Å²) in [6.45, 7) is 3.58. The minimum absolute atomic E-state index is 0.0384. The van der Waals surface area contributed by atoms with Gasteiger partial charge in [0, 0.05) is 21.9 Å². The number of carboxylic acid groups (broad SMARTS) is 1. The lowest BCUT2D eigenvalue weighted by Crippen LogP contribution is -1.99. The van der Waals surface area contributed by atoms with Crippen molar-refractivity contribution in [3.63, 3.8) is 0 Å². The molecule has 8 heteroatoms. The molecular formula is C13H12N2O4S2. The molecule has 0 saturated heterocycles. The van der Waals surface area contributed by atoms with Gasteiger partial charge in [-0.25, -0.2) is 4.98 Å². The molecule has 0 unspecified atom stereocenters. The number of nitro groups is 1. The Morgan fingerprint density at radius 3 is 2.76 bits per heavy atom. The molecule has 1 N–H and O–H groups in total. The fourth-order valence-electron chi connectivity index (χ4n) is 1.70. The first kappa shape index (κ1) is 15.5. The summed E-state index contributed by atoms with van der Waals surface area (Å²) < 4.78 is 0.737. The van der Waals surface area contributed by atoms with E-state index >= 15 is 0 Å². The molecule has 0 spiro atoms. The number of benzene rings is 1. The van der Waals surface area contributed by atoms with Crippen LogP contribution in [0.3, 0.4) is 0 Å². The summed E-state index contributed by atoms with van der Waals surface area (Å²) in [6, 6.07) is 4.65. The Bertz CT molecular complexity index is 712. The van der Waals surface area contributed by atoms with E-state index in [9.17, 15) is 14.9 Å². The van der Waals surface area contributed by atoms with Crippen LogP contribution in [0, 0.1) is 24.0 Å². The molecular weight excluding hydrogens is 312 g/mol. The van der Waals surface area contributed by atoms with Gasteiger partial charge in [0.1, 0.15) is 0 Å². The molecule has 0 atom stereocenters. The summed E-state index contributed by atoms with van der Waals surface area (Å²) >= 11 is 2.73. The monoisotopic (exact) mass is 324 g/mol. The van der Waals surface area contributed by atoms with Crippen molar-refractivity contribution < 1.29 is 14.8 Å². The van der Waals surface area contributed by atoms with E-state index in [4.69, 9.17) is 5.11 Å². The van der Waals surface area contributed by atoms with Crippen molar-refractivity contribution in [2.24, 2.45) is 0 Å². The van der Waals surface area contributed by atoms with Crippen LogP contribution in [0.5, 0.6) is 0 Å². The minimum Gasteiger partial charge on any atom is -0.481 e. The van der Waals surface area contributed by atoms with Crippen molar-refractivity contribution in [1.82, 2.24) is 4.98 Å².